The Balaban J connectivity index is 2.31. The van der Waals surface area contributed by atoms with E-state index in [0.717, 1.165) is 41.2 Å². The third-order valence-electron chi connectivity index (χ3n) is 3.46. The van der Waals surface area contributed by atoms with Crippen LogP contribution in [0, 0.1) is 13.8 Å². The molecule has 1 atom stereocenters. The second-order valence-electron chi connectivity index (χ2n) is 5.05. The molecule has 0 saturated carbocycles. The summed E-state index contributed by atoms with van der Waals surface area (Å²) in [5.74, 6) is 7.78. The van der Waals surface area contributed by atoms with Gasteiger partial charge in [0.2, 0.25) is 0 Å². The van der Waals surface area contributed by atoms with Crippen molar-refractivity contribution in [1.29, 1.82) is 0 Å². The molecule has 0 amide bonds. The normalized spacial score (nSPS) is 12.2. The molecule has 0 aliphatic heterocycles. The standard InChI is InChI=1S/C14H22N6O/c1-5-6-11-13(16-7-17-14(11)19-15)18-8(2)12-9(3)20-21-10(12)4/h7-8H,5-6,15H2,1-4H3,(H2,16,17,18,19). The molecule has 0 aliphatic rings. The number of hydrogen-bond acceptors (Lipinski definition) is 7. The maximum Gasteiger partial charge on any atom is 0.148 e. The lowest BCUT2D eigenvalue weighted by Gasteiger charge is -2.18. The number of nitrogens with two attached hydrogens (primary N) is 1. The van der Waals surface area contributed by atoms with Crippen molar-refractivity contribution in [1.82, 2.24) is 15.1 Å². The highest BCUT2D eigenvalue weighted by molar-refractivity contribution is 5.57. The molecule has 0 aliphatic carbocycles. The first-order valence-electron chi connectivity index (χ1n) is 7.08. The van der Waals surface area contributed by atoms with Gasteiger partial charge in [-0.3, -0.25) is 0 Å². The van der Waals surface area contributed by atoms with Gasteiger partial charge in [-0.1, -0.05) is 18.5 Å². The summed E-state index contributed by atoms with van der Waals surface area (Å²) >= 11 is 0. The third-order valence-corrected chi connectivity index (χ3v) is 3.46. The van der Waals surface area contributed by atoms with E-state index in [2.05, 4.69) is 39.7 Å². The van der Waals surface area contributed by atoms with Gasteiger partial charge >= 0.3 is 0 Å². The molecule has 0 fully saturated rings. The third kappa shape index (κ3) is 3.13. The van der Waals surface area contributed by atoms with Gasteiger partial charge in [-0.15, -0.1) is 0 Å². The van der Waals surface area contributed by atoms with E-state index in [9.17, 15) is 0 Å². The second kappa shape index (κ2) is 6.53. The molecule has 1 unspecified atom stereocenters. The Labute approximate surface area is 124 Å². The summed E-state index contributed by atoms with van der Waals surface area (Å²) in [6, 6.07) is 0.0346. The van der Waals surface area contributed by atoms with Gasteiger partial charge < -0.3 is 15.3 Å². The SMILES string of the molecule is CCCc1c(NN)ncnc1NC(C)c1c(C)noc1C. The van der Waals surface area contributed by atoms with Crippen LogP contribution in [0.1, 0.15) is 48.9 Å². The maximum atomic E-state index is 5.53. The van der Waals surface area contributed by atoms with Crippen molar-refractivity contribution < 1.29 is 4.52 Å². The molecule has 0 spiro atoms. The smallest absolute Gasteiger partial charge is 0.148 e. The van der Waals surface area contributed by atoms with Gasteiger partial charge in [0.05, 0.1) is 11.7 Å². The predicted molar refractivity (Wildman–Crippen MR) is 81.9 cm³/mol. The van der Waals surface area contributed by atoms with Gasteiger partial charge in [0.1, 0.15) is 23.7 Å². The van der Waals surface area contributed by atoms with E-state index in [4.69, 9.17) is 10.4 Å². The van der Waals surface area contributed by atoms with Crippen LogP contribution in [0.5, 0.6) is 0 Å². The Kier molecular flexibility index (Phi) is 4.74. The lowest BCUT2D eigenvalue weighted by molar-refractivity contribution is 0.392. The summed E-state index contributed by atoms with van der Waals surface area (Å²) in [7, 11) is 0. The Morgan fingerprint density at radius 2 is 2.00 bits per heavy atom. The highest BCUT2D eigenvalue weighted by Gasteiger charge is 2.19. The first-order valence-corrected chi connectivity index (χ1v) is 7.08. The van der Waals surface area contributed by atoms with E-state index < -0.39 is 0 Å². The molecular weight excluding hydrogens is 268 g/mol. The van der Waals surface area contributed by atoms with Crippen molar-refractivity contribution >= 4 is 11.6 Å². The number of aromatic nitrogens is 3. The number of nitrogens with one attached hydrogen (secondary N) is 2. The van der Waals surface area contributed by atoms with Gasteiger partial charge in [-0.25, -0.2) is 15.8 Å². The first-order chi connectivity index (χ1) is 10.1. The molecule has 4 N–H and O–H groups in total. The number of hydrazine groups is 1. The molecule has 7 nitrogen and oxygen atoms in total. The molecule has 7 heteroatoms. The van der Waals surface area contributed by atoms with Crippen molar-refractivity contribution in [2.45, 2.75) is 46.6 Å². The minimum Gasteiger partial charge on any atom is -0.363 e. The number of aryl methyl sites for hydroxylation is 2. The number of hydrogen-bond donors (Lipinski definition) is 3. The maximum absolute atomic E-state index is 5.53. The van der Waals surface area contributed by atoms with Gasteiger partial charge in [0.15, 0.2) is 0 Å². The van der Waals surface area contributed by atoms with Crippen molar-refractivity contribution in [3.63, 3.8) is 0 Å². The van der Waals surface area contributed by atoms with E-state index in [1.54, 1.807) is 0 Å². The molecule has 0 aromatic carbocycles. The van der Waals surface area contributed by atoms with Gasteiger partial charge in [-0.2, -0.15) is 0 Å². The van der Waals surface area contributed by atoms with Crippen LogP contribution in [0.3, 0.4) is 0 Å². The second-order valence-corrected chi connectivity index (χ2v) is 5.05. The lowest BCUT2D eigenvalue weighted by atomic mass is 10.1. The van der Waals surface area contributed by atoms with Crippen molar-refractivity contribution in [3.8, 4) is 0 Å². The summed E-state index contributed by atoms with van der Waals surface area (Å²) in [5, 5.41) is 7.40. The monoisotopic (exact) mass is 290 g/mol. The molecule has 0 bridgehead atoms. The Hall–Kier alpha value is -2.15. The Bertz CT molecular complexity index is 590. The van der Waals surface area contributed by atoms with Crippen LogP contribution in [-0.2, 0) is 6.42 Å². The fourth-order valence-electron chi connectivity index (χ4n) is 2.53. The highest BCUT2D eigenvalue weighted by Crippen LogP contribution is 2.28. The summed E-state index contributed by atoms with van der Waals surface area (Å²) in [6.45, 7) is 8.01. The number of anilines is 2. The van der Waals surface area contributed by atoms with Gasteiger partial charge in [0, 0.05) is 11.1 Å². The van der Waals surface area contributed by atoms with Crippen LogP contribution in [0.25, 0.3) is 0 Å². The zero-order valence-corrected chi connectivity index (χ0v) is 12.9. The van der Waals surface area contributed by atoms with E-state index in [1.165, 1.54) is 6.33 Å². The molecule has 114 valence electrons. The van der Waals surface area contributed by atoms with Gasteiger partial charge in [0.25, 0.3) is 0 Å². The molecule has 2 aromatic rings. The fourth-order valence-corrected chi connectivity index (χ4v) is 2.53. The van der Waals surface area contributed by atoms with E-state index in [1.807, 2.05) is 13.8 Å². The minimum absolute atomic E-state index is 0.0346. The van der Waals surface area contributed by atoms with E-state index in [0.29, 0.717) is 5.82 Å². The van der Waals surface area contributed by atoms with Crippen LogP contribution in [-0.4, -0.2) is 15.1 Å². The zero-order valence-electron chi connectivity index (χ0n) is 12.9. The molecule has 0 radical (unpaired) electrons. The summed E-state index contributed by atoms with van der Waals surface area (Å²) in [4.78, 5) is 8.51. The summed E-state index contributed by atoms with van der Waals surface area (Å²) < 4.78 is 5.22. The zero-order chi connectivity index (χ0) is 15.4. The van der Waals surface area contributed by atoms with Crippen LogP contribution in [0.4, 0.5) is 11.6 Å². The molecule has 2 rings (SSSR count). The number of nitrogen functional groups attached to an aromatic ring is 1. The average Bonchev–Trinajstić information content (AvgIpc) is 2.80. The molecule has 21 heavy (non-hydrogen) atoms. The van der Waals surface area contributed by atoms with Gasteiger partial charge in [-0.05, 0) is 27.2 Å². The fraction of sp³-hybridized carbons (Fsp3) is 0.500. The lowest BCUT2D eigenvalue weighted by Crippen LogP contribution is -2.16. The van der Waals surface area contributed by atoms with Crippen LogP contribution in [0.2, 0.25) is 0 Å². The van der Waals surface area contributed by atoms with Crippen molar-refractivity contribution in [2.75, 3.05) is 10.7 Å². The van der Waals surface area contributed by atoms with Crippen molar-refractivity contribution in [3.05, 3.63) is 28.9 Å². The average molecular weight is 290 g/mol. The van der Waals surface area contributed by atoms with Crippen LogP contribution >= 0.6 is 0 Å². The quantitative estimate of drug-likeness (QED) is 0.555. The topological polar surface area (TPSA) is 102 Å². The number of rotatable bonds is 6. The van der Waals surface area contributed by atoms with E-state index >= 15 is 0 Å². The summed E-state index contributed by atoms with van der Waals surface area (Å²) in [6.07, 6.45) is 3.32. The molecular formula is C14H22N6O. The minimum atomic E-state index is 0.0346. The summed E-state index contributed by atoms with van der Waals surface area (Å²) in [5.41, 5.74) is 5.56. The molecule has 2 aromatic heterocycles. The Morgan fingerprint density at radius 3 is 2.57 bits per heavy atom. The first kappa shape index (κ1) is 15.2. The van der Waals surface area contributed by atoms with Crippen LogP contribution < -0.4 is 16.6 Å². The highest BCUT2D eigenvalue weighted by atomic mass is 16.5. The predicted octanol–water partition coefficient (Wildman–Crippen LogP) is 2.49. The van der Waals surface area contributed by atoms with Crippen molar-refractivity contribution in [2.24, 2.45) is 5.84 Å². The Morgan fingerprint density at radius 1 is 1.29 bits per heavy atom. The molecule has 2 heterocycles. The van der Waals surface area contributed by atoms with Crippen LogP contribution in [0.15, 0.2) is 10.9 Å². The largest absolute Gasteiger partial charge is 0.363 e. The molecule has 0 saturated heterocycles. The number of nitrogens with zero attached hydrogens (tertiary/aromatic N) is 3. The van der Waals surface area contributed by atoms with E-state index in [-0.39, 0.29) is 6.04 Å².